The molecule has 31 heavy (non-hydrogen) atoms. The predicted octanol–water partition coefficient (Wildman–Crippen LogP) is 4.77. The van der Waals surface area contributed by atoms with E-state index in [0.717, 1.165) is 5.56 Å². The summed E-state index contributed by atoms with van der Waals surface area (Å²) in [6.45, 7) is 6.15. The molecule has 0 saturated heterocycles. The fourth-order valence-corrected chi connectivity index (χ4v) is 5.43. The van der Waals surface area contributed by atoms with Gasteiger partial charge in [-0.3, -0.25) is 9.10 Å². The Bertz CT molecular complexity index is 1270. The maximum absolute atomic E-state index is 13.5. The topological polar surface area (TPSA) is 92.5 Å². The van der Waals surface area contributed by atoms with Gasteiger partial charge in [0.15, 0.2) is 6.39 Å². The first-order valence-corrected chi connectivity index (χ1v) is 11.6. The number of sulfonamides is 1. The number of carbonyl (C=O) groups excluding carboxylic acids is 1. The van der Waals surface area contributed by atoms with Gasteiger partial charge < -0.3 is 9.73 Å². The van der Waals surface area contributed by atoms with Crippen LogP contribution in [-0.4, -0.2) is 25.9 Å². The highest BCUT2D eigenvalue weighted by atomic mass is 35.5. The van der Waals surface area contributed by atoms with Crippen molar-refractivity contribution in [1.29, 1.82) is 0 Å². The molecule has 0 aliphatic carbocycles. The standard InChI is InChI=1S/C22H22ClN3O4S/c1-14-20(30-13-24-14)21(27)25-16-5-4-6-17(12-16)31(28,29)26-10-9-22(2,3)18-11-15(23)7-8-19(18)26/h4-8,11-13H,9-10H2,1-3H3,(H,25,27). The zero-order valence-corrected chi connectivity index (χ0v) is 18.9. The first-order chi connectivity index (χ1) is 14.6. The van der Waals surface area contributed by atoms with E-state index in [1.54, 1.807) is 31.2 Å². The van der Waals surface area contributed by atoms with Gasteiger partial charge in [-0.15, -0.1) is 0 Å². The molecule has 2 heterocycles. The Hall–Kier alpha value is -2.84. The van der Waals surface area contributed by atoms with Crippen LogP contribution < -0.4 is 9.62 Å². The van der Waals surface area contributed by atoms with Crippen molar-refractivity contribution in [2.75, 3.05) is 16.2 Å². The number of carbonyl (C=O) groups is 1. The van der Waals surface area contributed by atoms with Crippen LogP contribution in [0.1, 0.15) is 42.1 Å². The molecule has 0 saturated carbocycles. The summed E-state index contributed by atoms with van der Waals surface area (Å²) in [5, 5.41) is 3.24. The summed E-state index contributed by atoms with van der Waals surface area (Å²) in [4.78, 5) is 16.4. The lowest BCUT2D eigenvalue weighted by molar-refractivity contribution is 0.0996. The Morgan fingerprint density at radius 2 is 2.00 bits per heavy atom. The van der Waals surface area contributed by atoms with Crippen molar-refractivity contribution in [3.63, 3.8) is 0 Å². The number of aromatic nitrogens is 1. The quantitative estimate of drug-likeness (QED) is 0.606. The number of rotatable bonds is 4. The molecule has 0 radical (unpaired) electrons. The molecule has 9 heteroatoms. The molecule has 1 aliphatic heterocycles. The second-order valence-electron chi connectivity index (χ2n) is 8.12. The molecule has 4 rings (SSSR count). The van der Waals surface area contributed by atoms with Crippen LogP contribution in [-0.2, 0) is 15.4 Å². The van der Waals surface area contributed by atoms with Crippen LogP contribution in [0.4, 0.5) is 11.4 Å². The second kappa shape index (κ2) is 7.69. The highest BCUT2D eigenvalue weighted by molar-refractivity contribution is 7.92. The minimum Gasteiger partial charge on any atom is -0.438 e. The summed E-state index contributed by atoms with van der Waals surface area (Å²) in [6.07, 6.45) is 1.84. The zero-order chi connectivity index (χ0) is 22.4. The summed E-state index contributed by atoms with van der Waals surface area (Å²) in [5.41, 5.74) is 2.10. The normalized spacial score (nSPS) is 15.4. The van der Waals surface area contributed by atoms with Crippen LogP contribution in [0.3, 0.4) is 0 Å². The Balaban J connectivity index is 1.68. The van der Waals surface area contributed by atoms with Gasteiger partial charge in [0.25, 0.3) is 15.9 Å². The van der Waals surface area contributed by atoms with Crippen LogP contribution in [0.2, 0.25) is 5.02 Å². The lowest BCUT2D eigenvalue weighted by atomic mass is 9.78. The first kappa shape index (κ1) is 21.4. The lowest BCUT2D eigenvalue weighted by Gasteiger charge is -2.39. The smallest absolute Gasteiger partial charge is 0.293 e. The number of fused-ring (bicyclic) bond motifs is 1. The summed E-state index contributed by atoms with van der Waals surface area (Å²) >= 11 is 6.19. The minimum atomic E-state index is -3.86. The van der Waals surface area contributed by atoms with Crippen LogP contribution >= 0.6 is 11.6 Å². The number of amides is 1. The molecule has 0 fully saturated rings. The number of aryl methyl sites for hydroxylation is 1. The van der Waals surface area contributed by atoms with Crippen LogP contribution in [0.5, 0.6) is 0 Å². The van der Waals surface area contributed by atoms with Gasteiger partial charge in [0.1, 0.15) is 0 Å². The summed E-state index contributed by atoms with van der Waals surface area (Å²) in [5.74, 6) is -0.415. The highest BCUT2D eigenvalue weighted by Gasteiger charge is 2.37. The number of halogens is 1. The number of hydrogen-bond acceptors (Lipinski definition) is 5. The van der Waals surface area contributed by atoms with Gasteiger partial charge in [0.05, 0.1) is 16.3 Å². The third kappa shape index (κ3) is 3.93. The zero-order valence-electron chi connectivity index (χ0n) is 17.3. The van der Waals surface area contributed by atoms with E-state index in [4.69, 9.17) is 16.0 Å². The van der Waals surface area contributed by atoms with Crippen molar-refractivity contribution in [3.05, 3.63) is 70.9 Å². The molecular weight excluding hydrogens is 438 g/mol. The van der Waals surface area contributed by atoms with E-state index < -0.39 is 15.9 Å². The van der Waals surface area contributed by atoms with E-state index in [-0.39, 0.29) is 16.1 Å². The largest absolute Gasteiger partial charge is 0.438 e. The number of anilines is 2. The SMILES string of the molecule is Cc1ncoc1C(=O)Nc1cccc(S(=O)(=O)N2CCC(C)(C)c3cc(Cl)ccc32)c1. The number of nitrogens with zero attached hydrogens (tertiary/aromatic N) is 2. The minimum absolute atomic E-state index is 0.0809. The summed E-state index contributed by atoms with van der Waals surface area (Å²) < 4.78 is 33.5. The maximum Gasteiger partial charge on any atom is 0.293 e. The van der Waals surface area contributed by atoms with Gasteiger partial charge in [0, 0.05) is 17.3 Å². The van der Waals surface area contributed by atoms with Crippen LogP contribution in [0.25, 0.3) is 0 Å². The third-order valence-corrected chi connectivity index (χ3v) is 7.57. The molecule has 2 aromatic carbocycles. The van der Waals surface area contributed by atoms with Crippen LogP contribution in [0.15, 0.2) is 58.2 Å². The molecule has 3 aromatic rings. The number of hydrogen-bond donors (Lipinski definition) is 1. The summed E-state index contributed by atoms with van der Waals surface area (Å²) in [6, 6.07) is 11.4. The average Bonchev–Trinajstić information content (AvgIpc) is 3.14. The maximum atomic E-state index is 13.5. The first-order valence-electron chi connectivity index (χ1n) is 9.74. The fourth-order valence-electron chi connectivity index (χ4n) is 3.72. The van der Waals surface area contributed by atoms with Gasteiger partial charge in [-0.05, 0) is 60.7 Å². The van der Waals surface area contributed by atoms with Crippen molar-refractivity contribution in [1.82, 2.24) is 4.98 Å². The van der Waals surface area contributed by atoms with Gasteiger partial charge in [-0.1, -0.05) is 31.5 Å². The molecule has 0 unspecified atom stereocenters. The molecule has 162 valence electrons. The molecule has 1 N–H and O–H groups in total. The Morgan fingerprint density at radius 3 is 2.71 bits per heavy atom. The average molecular weight is 460 g/mol. The molecule has 7 nitrogen and oxygen atoms in total. The van der Waals surface area contributed by atoms with Gasteiger partial charge in [0.2, 0.25) is 5.76 Å². The number of benzene rings is 2. The second-order valence-corrected chi connectivity index (χ2v) is 10.4. The van der Waals surface area contributed by atoms with E-state index in [1.807, 2.05) is 6.07 Å². The highest BCUT2D eigenvalue weighted by Crippen LogP contribution is 2.43. The van der Waals surface area contributed by atoms with E-state index in [9.17, 15) is 13.2 Å². The van der Waals surface area contributed by atoms with Gasteiger partial charge in [-0.2, -0.15) is 0 Å². The Labute approximate surface area is 186 Å². The number of nitrogens with one attached hydrogen (secondary N) is 1. The molecule has 0 spiro atoms. The fraction of sp³-hybridized carbons (Fsp3) is 0.273. The van der Waals surface area contributed by atoms with Crippen molar-refractivity contribution >= 4 is 38.9 Å². The molecule has 1 aliphatic rings. The molecule has 0 bridgehead atoms. The van der Waals surface area contributed by atoms with E-state index >= 15 is 0 Å². The van der Waals surface area contributed by atoms with E-state index in [1.165, 1.54) is 22.8 Å². The molecular formula is C22H22ClN3O4S. The van der Waals surface area contributed by atoms with Crippen LogP contribution in [0, 0.1) is 6.92 Å². The predicted molar refractivity (Wildman–Crippen MR) is 119 cm³/mol. The van der Waals surface area contributed by atoms with E-state index in [0.29, 0.717) is 35.1 Å². The van der Waals surface area contributed by atoms with Gasteiger partial charge >= 0.3 is 0 Å². The van der Waals surface area contributed by atoms with Crippen molar-refractivity contribution in [2.24, 2.45) is 0 Å². The molecule has 0 atom stereocenters. The Kier molecular flexibility index (Phi) is 5.31. The third-order valence-electron chi connectivity index (χ3n) is 5.53. The summed E-state index contributed by atoms with van der Waals surface area (Å²) in [7, 11) is -3.86. The molecule has 1 aromatic heterocycles. The van der Waals surface area contributed by atoms with E-state index in [2.05, 4.69) is 24.1 Å². The van der Waals surface area contributed by atoms with Crippen molar-refractivity contribution < 1.29 is 17.6 Å². The van der Waals surface area contributed by atoms with Gasteiger partial charge in [-0.25, -0.2) is 13.4 Å². The van der Waals surface area contributed by atoms with Crippen molar-refractivity contribution in [2.45, 2.75) is 37.5 Å². The lowest BCUT2D eigenvalue weighted by Crippen LogP contribution is -2.41. The molecule has 1 amide bonds. The Morgan fingerprint density at radius 1 is 1.23 bits per heavy atom. The monoisotopic (exact) mass is 459 g/mol. The number of oxazole rings is 1. The van der Waals surface area contributed by atoms with Crippen molar-refractivity contribution in [3.8, 4) is 0 Å².